The van der Waals surface area contributed by atoms with Crippen molar-refractivity contribution in [3.05, 3.63) is 29.8 Å². The van der Waals surface area contributed by atoms with Gasteiger partial charge in [0.15, 0.2) is 0 Å². The van der Waals surface area contributed by atoms with Gasteiger partial charge in [0.1, 0.15) is 0 Å². The second-order valence-electron chi connectivity index (χ2n) is 3.06. The van der Waals surface area contributed by atoms with E-state index in [-0.39, 0.29) is 0 Å². The highest BCUT2D eigenvalue weighted by Gasteiger charge is 1.98. The highest BCUT2D eigenvalue weighted by atomic mass is 19.1. The van der Waals surface area contributed by atoms with Gasteiger partial charge in [-0.1, -0.05) is 12.1 Å². The van der Waals surface area contributed by atoms with E-state index in [1.165, 1.54) is 0 Å². The topological polar surface area (TPSA) is 26.0 Å². The van der Waals surface area contributed by atoms with Crippen molar-refractivity contribution >= 4 is 5.69 Å². The van der Waals surface area contributed by atoms with E-state index >= 15 is 0 Å². The zero-order valence-corrected chi connectivity index (χ0v) is 7.26. The molecule has 1 rings (SSSR count). The van der Waals surface area contributed by atoms with Gasteiger partial charge < -0.3 is 5.73 Å². The van der Waals surface area contributed by atoms with Crippen LogP contribution in [0.15, 0.2) is 24.3 Å². The maximum Gasteiger partial charge on any atom is 0.0976 e. The predicted molar refractivity (Wildman–Crippen MR) is 49.7 cm³/mol. The van der Waals surface area contributed by atoms with Crippen LogP contribution >= 0.6 is 0 Å². The van der Waals surface area contributed by atoms with Gasteiger partial charge in [-0.3, -0.25) is 0 Å². The number of anilines is 1. The number of hydrogen-bond donors (Lipinski definition) is 1. The molecule has 0 bridgehead atoms. The summed E-state index contributed by atoms with van der Waals surface area (Å²) >= 11 is 0. The molecule has 0 aliphatic heterocycles. The summed E-state index contributed by atoms with van der Waals surface area (Å²) in [4.78, 5) is 0. The summed E-state index contributed by atoms with van der Waals surface area (Å²) in [5, 5.41) is 0. The third-order valence-corrected chi connectivity index (χ3v) is 1.81. The van der Waals surface area contributed by atoms with Crippen molar-refractivity contribution in [2.75, 3.05) is 5.73 Å². The molecule has 1 aromatic carbocycles. The zero-order valence-electron chi connectivity index (χ0n) is 7.26. The minimum absolute atomic E-state index is 0.587. The van der Waals surface area contributed by atoms with E-state index in [2.05, 4.69) is 0 Å². The molecule has 0 saturated heterocycles. The first-order chi connectivity index (χ1) is 5.68. The first-order valence-corrected chi connectivity index (χ1v) is 4.17. The van der Waals surface area contributed by atoms with Crippen molar-refractivity contribution in [1.82, 2.24) is 0 Å². The first kappa shape index (κ1) is 9.04. The minimum atomic E-state index is -0.720. The molecule has 2 heteroatoms. The fourth-order valence-electron chi connectivity index (χ4n) is 1.05. The van der Waals surface area contributed by atoms with Gasteiger partial charge in [-0.2, -0.15) is 0 Å². The van der Waals surface area contributed by atoms with Crippen molar-refractivity contribution in [3.63, 3.8) is 0 Å². The molecule has 1 atom stereocenters. The molecule has 0 spiro atoms. The van der Waals surface area contributed by atoms with Gasteiger partial charge in [-0.15, -0.1) is 0 Å². The number of hydrogen-bond acceptors (Lipinski definition) is 1. The van der Waals surface area contributed by atoms with Gasteiger partial charge in [0.25, 0.3) is 0 Å². The standard InChI is InChI=1S/C10H14FN/c1-8(11)2-3-9-4-6-10(12)7-5-9/h4-8H,2-3,12H2,1H3. The van der Waals surface area contributed by atoms with Gasteiger partial charge in [-0.05, 0) is 37.5 Å². The van der Waals surface area contributed by atoms with Crippen LogP contribution in [0.25, 0.3) is 0 Å². The molecule has 0 aromatic heterocycles. The fraction of sp³-hybridized carbons (Fsp3) is 0.400. The zero-order chi connectivity index (χ0) is 8.97. The number of nitrogens with two attached hydrogens (primary N) is 1. The van der Waals surface area contributed by atoms with E-state index in [4.69, 9.17) is 5.73 Å². The largest absolute Gasteiger partial charge is 0.399 e. The van der Waals surface area contributed by atoms with E-state index < -0.39 is 6.17 Å². The number of halogens is 1. The Morgan fingerprint density at radius 3 is 2.42 bits per heavy atom. The Hall–Kier alpha value is -1.05. The molecule has 0 aliphatic carbocycles. The minimum Gasteiger partial charge on any atom is -0.399 e. The Labute approximate surface area is 72.4 Å². The molecule has 0 amide bonds. The van der Waals surface area contributed by atoms with Crippen molar-refractivity contribution in [2.45, 2.75) is 25.9 Å². The number of rotatable bonds is 3. The maximum absolute atomic E-state index is 12.4. The van der Waals surface area contributed by atoms with E-state index in [0.29, 0.717) is 6.42 Å². The lowest BCUT2D eigenvalue weighted by atomic mass is 10.1. The van der Waals surface area contributed by atoms with Gasteiger partial charge in [0, 0.05) is 5.69 Å². The summed E-state index contributed by atoms with van der Waals surface area (Å²) in [6.45, 7) is 1.58. The Morgan fingerprint density at radius 1 is 1.33 bits per heavy atom. The van der Waals surface area contributed by atoms with Crippen LogP contribution in [0.5, 0.6) is 0 Å². The van der Waals surface area contributed by atoms with Crippen LogP contribution < -0.4 is 5.73 Å². The van der Waals surface area contributed by atoms with Crippen LogP contribution in [0.4, 0.5) is 10.1 Å². The molecular weight excluding hydrogens is 153 g/mol. The second kappa shape index (κ2) is 4.10. The molecule has 1 unspecified atom stereocenters. The van der Waals surface area contributed by atoms with Crippen LogP contribution in [0, 0.1) is 0 Å². The summed E-state index contributed by atoms with van der Waals surface area (Å²) in [5.74, 6) is 0. The molecule has 1 aromatic rings. The molecule has 1 nitrogen and oxygen atoms in total. The highest BCUT2D eigenvalue weighted by molar-refractivity contribution is 5.39. The summed E-state index contributed by atoms with van der Waals surface area (Å²) in [6, 6.07) is 7.58. The van der Waals surface area contributed by atoms with Crippen LogP contribution in [-0.4, -0.2) is 6.17 Å². The normalized spacial score (nSPS) is 12.8. The first-order valence-electron chi connectivity index (χ1n) is 4.17. The Balaban J connectivity index is 2.48. The van der Waals surface area contributed by atoms with Crippen LogP contribution in [0.1, 0.15) is 18.9 Å². The molecular formula is C10H14FN. The van der Waals surface area contributed by atoms with E-state index in [0.717, 1.165) is 17.7 Å². The molecule has 0 fully saturated rings. The van der Waals surface area contributed by atoms with E-state index in [1.54, 1.807) is 6.92 Å². The van der Waals surface area contributed by atoms with Crippen molar-refractivity contribution < 1.29 is 4.39 Å². The maximum atomic E-state index is 12.4. The predicted octanol–water partition coefficient (Wildman–Crippen LogP) is 2.56. The number of nitrogen functional groups attached to an aromatic ring is 1. The SMILES string of the molecule is CC(F)CCc1ccc(N)cc1. The fourth-order valence-corrected chi connectivity index (χ4v) is 1.05. The van der Waals surface area contributed by atoms with Crippen LogP contribution in [-0.2, 0) is 6.42 Å². The lowest BCUT2D eigenvalue weighted by Crippen LogP contribution is -1.95. The smallest absolute Gasteiger partial charge is 0.0976 e. The molecule has 2 N–H and O–H groups in total. The van der Waals surface area contributed by atoms with Gasteiger partial charge in [0.05, 0.1) is 6.17 Å². The molecule has 0 aliphatic rings. The van der Waals surface area contributed by atoms with Gasteiger partial charge in [0.2, 0.25) is 0 Å². The average molecular weight is 167 g/mol. The van der Waals surface area contributed by atoms with Crippen molar-refractivity contribution in [2.24, 2.45) is 0 Å². The Kier molecular flexibility index (Phi) is 3.09. The lowest BCUT2D eigenvalue weighted by molar-refractivity contribution is 0.341. The molecule has 0 saturated carbocycles. The van der Waals surface area contributed by atoms with Crippen molar-refractivity contribution in [1.29, 1.82) is 0 Å². The van der Waals surface area contributed by atoms with E-state index in [1.807, 2.05) is 24.3 Å². The number of benzene rings is 1. The monoisotopic (exact) mass is 167 g/mol. The van der Waals surface area contributed by atoms with E-state index in [9.17, 15) is 4.39 Å². The van der Waals surface area contributed by atoms with Crippen LogP contribution in [0.2, 0.25) is 0 Å². The number of aryl methyl sites for hydroxylation is 1. The quantitative estimate of drug-likeness (QED) is 0.688. The van der Waals surface area contributed by atoms with Gasteiger partial charge in [-0.25, -0.2) is 4.39 Å². The summed E-state index contributed by atoms with van der Waals surface area (Å²) < 4.78 is 12.4. The summed E-state index contributed by atoms with van der Waals surface area (Å²) in [6.07, 6.45) is 0.657. The average Bonchev–Trinajstić information content (AvgIpc) is 2.03. The molecule has 12 heavy (non-hydrogen) atoms. The lowest BCUT2D eigenvalue weighted by Gasteiger charge is -2.02. The van der Waals surface area contributed by atoms with Crippen LogP contribution in [0.3, 0.4) is 0 Å². The third-order valence-electron chi connectivity index (χ3n) is 1.81. The molecule has 0 heterocycles. The third kappa shape index (κ3) is 2.91. The highest BCUT2D eigenvalue weighted by Crippen LogP contribution is 2.09. The second-order valence-corrected chi connectivity index (χ2v) is 3.06. The Bertz CT molecular complexity index is 228. The Morgan fingerprint density at radius 2 is 1.92 bits per heavy atom. The van der Waals surface area contributed by atoms with Gasteiger partial charge >= 0.3 is 0 Å². The summed E-state index contributed by atoms with van der Waals surface area (Å²) in [5.41, 5.74) is 7.41. The molecule has 66 valence electrons. The number of alkyl halides is 1. The van der Waals surface area contributed by atoms with Crippen molar-refractivity contribution in [3.8, 4) is 0 Å². The molecule has 0 radical (unpaired) electrons. The summed E-state index contributed by atoms with van der Waals surface area (Å²) in [7, 11) is 0.